The summed E-state index contributed by atoms with van der Waals surface area (Å²) in [5.41, 5.74) is 7.85. The summed E-state index contributed by atoms with van der Waals surface area (Å²) in [6.07, 6.45) is 0.784. The van der Waals surface area contributed by atoms with E-state index in [0.717, 1.165) is 17.5 Å². The van der Waals surface area contributed by atoms with Crippen LogP contribution in [0, 0.1) is 6.92 Å². The molecule has 154 valence electrons. The summed E-state index contributed by atoms with van der Waals surface area (Å²) in [7, 11) is 0. The number of carbonyl (C=O) groups is 3. The Balaban J connectivity index is 2.17. The molecule has 0 radical (unpaired) electrons. The number of hydrogen-bond donors (Lipinski definition) is 4. The first-order valence-corrected chi connectivity index (χ1v) is 9.63. The molecule has 29 heavy (non-hydrogen) atoms. The summed E-state index contributed by atoms with van der Waals surface area (Å²) in [6, 6.07) is 13.0. The molecule has 0 saturated heterocycles. The first kappa shape index (κ1) is 21.9. The average molecular weight is 396 g/mol. The summed E-state index contributed by atoms with van der Waals surface area (Å²) in [5, 5.41) is 8.30. The number of primary amides is 1. The second-order valence-corrected chi connectivity index (χ2v) is 7.00. The zero-order valence-corrected chi connectivity index (χ0v) is 17.0. The maximum absolute atomic E-state index is 12.7. The van der Waals surface area contributed by atoms with Gasteiger partial charge in [0, 0.05) is 6.04 Å². The van der Waals surface area contributed by atoms with E-state index in [9.17, 15) is 14.4 Å². The Morgan fingerprint density at radius 2 is 1.66 bits per heavy atom. The van der Waals surface area contributed by atoms with Gasteiger partial charge in [-0.15, -0.1) is 0 Å². The van der Waals surface area contributed by atoms with Crippen LogP contribution in [0.15, 0.2) is 48.5 Å². The van der Waals surface area contributed by atoms with Gasteiger partial charge in [0.25, 0.3) is 5.91 Å². The lowest BCUT2D eigenvalue weighted by atomic mass is 9.98. The monoisotopic (exact) mass is 396 g/mol. The van der Waals surface area contributed by atoms with Crippen molar-refractivity contribution < 1.29 is 14.4 Å². The van der Waals surface area contributed by atoms with Crippen molar-refractivity contribution in [3.05, 3.63) is 65.2 Å². The third-order valence-electron chi connectivity index (χ3n) is 4.71. The van der Waals surface area contributed by atoms with Gasteiger partial charge in [0.05, 0.1) is 23.7 Å². The molecular formula is C22H28N4O3. The number of nitrogens with one attached hydrogen (secondary N) is 3. The Labute approximate surface area is 171 Å². The van der Waals surface area contributed by atoms with Crippen molar-refractivity contribution in [1.29, 1.82) is 0 Å². The largest absolute Gasteiger partial charge is 0.352 e. The number of hydrogen-bond acceptors (Lipinski definition) is 3. The molecule has 0 aliphatic heterocycles. The average Bonchev–Trinajstić information content (AvgIpc) is 2.67. The highest BCUT2D eigenvalue weighted by Gasteiger charge is 2.21. The fourth-order valence-corrected chi connectivity index (χ4v) is 2.97. The molecule has 2 aromatic rings. The van der Waals surface area contributed by atoms with Crippen LogP contribution in [0.3, 0.4) is 0 Å². The molecule has 5 N–H and O–H groups in total. The topological polar surface area (TPSA) is 113 Å². The minimum Gasteiger partial charge on any atom is -0.352 e. The molecule has 0 heterocycles. The minimum absolute atomic E-state index is 0.0187. The molecule has 0 aromatic heterocycles. The van der Waals surface area contributed by atoms with Crippen LogP contribution in [-0.4, -0.2) is 23.9 Å². The summed E-state index contributed by atoms with van der Waals surface area (Å²) >= 11 is 0. The van der Waals surface area contributed by atoms with Gasteiger partial charge in [-0.05, 0) is 43.5 Å². The Morgan fingerprint density at radius 3 is 2.31 bits per heavy atom. The molecule has 2 aromatic carbocycles. The number of urea groups is 1. The summed E-state index contributed by atoms with van der Waals surface area (Å²) < 4.78 is 0. The third kappa shape index (κ3) is 6.34. The molecule has 0 bridgehead atoms. The molecule has 2 rings (SSSR count). The van der Waals surface area contributed by atoms with Crippen LogP contribution in [0.2, 0.25) is 0 Å². The summed E-state index contributed by atoms with van der Waals surface area (Å²) in [4.78, 5) is 36.7. The van der Waals surface area contributed by atoms with Crippen LogP contribution in [0.25, 0.3) is 0 Å². The molecule has 0 saturated carbocycles. The number of anilines is 1. The van der Waals surface area contributed by atoms with Gasteiger partial charge in [-0.1, -0.05) is 43.3 Å². The zero-order chi connectivity index (χ0) is 21.4. The van der Waals surface area contributed by atoms with Crippen LogP contribution in [0.4, 0.5) is 10.5 Å². The van der Waals surface area contributed by atoms with Gasteiger partial charge in [0.2, 0.25) is 5.91 Å². The van der Waals surface area contributed by atoms with Crippen molar-refractivity contribution in [3.63, 3.8) is 0 Å². The van der Waals surface area contributed by atoms with Crippen molar-refractivity contribution in [2.75, 3.05) is 5.32 Å². The van der Waals surface area contributed by atoms with Crippen molar-refractivity contribution in [2.45, 2.75) is 45.7 Å². The fourth-order valence-electron chi connectivity index (χ4n) is 2.97. The first-order chi connectivity index (χ1) is 13.8. The lowest BCUT2D eigenvalue weighted by molar-refractivity contribution is -0.116. The van der Waals surface area contributed by atoms with Gasteiger partial charge >= 0.3 is 6.03 Å². The van der Waals surface area contributed by atoms with E-state index in [2.05, 4.69) is 16.0 Å². The van der Waals surface area contributed by atoms with E-state index < -0.39 is 12.1 Å². The number of para-hydroxylation sites is 1. The SMILES string of the molecule is CC[C@H](C)NC(=O)c1ccccc1NC(=O)C[C@@H](NC(N)=O)c1ccccc1C. The number of nitrogens with two attached hydrogens (primary N) is 1. The number of amides is 4. The number of aryl methyl sites for hydroxylation is 1. The van der Waals surface area contributed by atoms with Gasteiger partial charge in [0.1, 0.15) is 0 Å². The highest BCUT2D eigenvalue weighted by Crippen LogP contribution is 2.22. The standard InChI is InChI=1S/C22H28N4O3/c1-4-15(3)24-21(28)17-11-7-8-12-18(17)25-20(27)13-19(26-22(23)29)16-10-6-5-9-14(16)2/h5-12,15,19H,4,13H2,1-3H3,(H,24,28)(H,25,27)(H3,23,26,29)/t15-,19+/m0/s1. The number of benzene rings is 2. The zero-order valence-electron chi connectivity index (χ0n) is 17.0. The van der Waals surface area contributed by atoms with E-state index in [1.54, 1.807) is 24.3 Å². The predicted molar refractivity (Wildman–Crippen MR) is 114 cm³/mol. The van der Waals surface area contributed by atoms with E-state index >= 15 is 0 Å². The normalized spacial score (nSPS) is 12.5. The van der Waals surface area contributed by atoms with Crippen molar-refractivity contribution >= 4 is 23.5 Å². The second kappa shape index (κ2) is 10.3. The van der Waals surface area contributed by atoms with E-state index in [4.69, 9.17) is 5.73 Å². The molecule has 0 spiro atoms. The van der Waals surface area contributed by atoms with E-state index in [0.29, 0.717) is 11.3 Å². The smallest absolute Gasteiger partial charge is 0.312 e. The lowest BCUT2D eigenvalue weighted by Crippen LogP contribution is -2.36. The molecule has 7 heteroatoms. The van der Waals surface area contributed by atoms with Crippen LogP contribution in [-0.2, 0) is 4.79 Å². The Bertz CT molecular complexity index is 882. The van der Waals surface area contributed by atoms with E-state index in [1.165, 1.54) is 0 Å². The van der Waals surface area contributed by atoms with Crippen molar-refractivity contribution in [2.24, 2.45) is 5.73 Å². The molecule has 0 aliphatic carbocycles. The Hall–Kier alpha value is -3.35. The van der Waals surface area contributed by atoms with Gasteiger partial charge in [0.15, 0.2) is 0 Å². The van der Waals surface area contributed by atoms with Crippen LogP contribution >= 0.6 is 0 Å². The highest BCUT2D eigenvalue weighted by molar-refractivity contribution is 6.04. The summed E-state index contributed by atoms with van der Waals surface area (Å²) in [6.45, 7) is 5.80. The van der Waals surface area contributed by atoms with Crippen molar-refractivity contribution in [1.82, 2.24) is 10.6 Å². The third-order valence-corrected chi connectivity index (χ3v) is 4.71. The van der Waals surface area contributed by atoms with Gasteiger partial charge in [-0.2, -0.15) is 0 Å². The van der Waals surface area contributed by atoms with Crippen molar-refractivity contribution in [3.8, 4) is 0 Å². The predicted octanol–water partition coefficient (Wildman–Crippen LogP) is 3.26. The molecule has 4 amide bonds. The lowest BCUT2D eigenvalue weighted by Gasteiger charge is -2.20. The fraction of sp³-hybridized carbons (Fsp3) is 0.318. The number of carbonyl (C=O) groups excluding carboxylic acids is 3. The maximum Gasteiger partial charge on any atom is 0.312 e. The minimum atomic E-state index is -0.709. The van der Waals surface area contributed by atoms with Gasteiger partial charge in [-0.25, -0.2) is 4.79 Å². The second-order valence-electron chi connectivity index (χ2n) is 7.00. The molecular weight excluding hydrogens is 368 g/mol. The van der Waals surface area contributed by atoms with Crippen LogP contribution < -0.4 is 21.7 Å². The number of rotatable bonds is 8. The quantitative estimate of drug-likeness (QED) is 0.549. The molecule has 2 atom stereocenters. The van der Waals surface area contributed by atoms with Gasteiger partial charge < -0.3 is 21.7 Å². The van der Waals surface area contributed by atoms with E-state index in [-0.39, 0.29) is 24.3 Å². The molecule has 0 fully saturated rings. The van der Waals surface area contributed by atoms with Crippen LogP contribution in [0.5, 0.6) is 0 Å². The highest BCUT2D eigenvalue weighted by atomic mass is 16.2. The molecule has 0 unspecified atom stereocenters. The van der Waals surface area contributed by atoms with E-state index in [1.807, 2.05) is 45.0 Å². The van der Waals surface area contributed by atoms with Gasteiger partial charge in [-0.3, -0.25) is 9.59 Å². The first-order valence-electron chi connectivity index (χ1n) is 9.63. The molecule has 7 nitrogen and oxygen atoms in total. The summed E-state index contributed by atoms with van der Waals surface area (Å²) in [5.74, 6) is -0.586. The van der Waals surface area contributed by atoms with Crippen LogP contribution in [0.1, 0.15) is 54.2 Å². The Morgan fingerprint density at radius 1 is 1.00 bits per heavy atom. The Kier molecular flexibility index (Phi) is 7.77. The maximum atomic E-state index is 12.7. The molecule has 0 aliphatic rings.